The Balaban J connectivity index is 2.09. The minimum atomic E-state index is -1.61. The van der Waals surface area contributed by atoms with Gasteiger partial charge < -0.3 is 5.32 Å². The number of unbranched alkanes of at least 4 members (excludes halogenated alkanes) is 9. The third-order valence-corrected chi connectivity index (χ3v) is 4.10. The molecule has 0 heterocycles. The van der Waals surface area contributed by atoms with Gasteiger partial charge in [0, 0.05) is 6.54 Å². The molecule has 0 fully saturated rings. The van der Waals surface area contributed by atoms with Crippen LogP contribution in [0, 0.1) is 17.5 Å². The minimum Gasteiger partial charge on any atom is -0.352 e. The monoisotopic (exact) mass is 343 g/mol. The van der Waals surface area contributed by atoms with Crippen LogP contribution in [0.25, 0.3) is 0 Å². The van der Waals surface area contributed by atoms with Gasteiger partial charge in [0.05, 0.1) is 5.56 Å². The Bertz CT molecular complexity index is 506. The van der Waals surface area contributed by atoms with Gasteiger partial charge in [0.2, 0.25) is 0 Å². The lowest BCUT2D eigenvalue weighted by molar-refractivity contribution is 0.0947. The minimum absolute atomic E-state index is 0.410. The number of hydrogen-bond donors (Lipinski definition) is 1. The predicted octanol–water partition coefficient (Wildman–Crippen LogP) is 5.75. The second kappa shape index (κ2) is 11.9. The SMILES string of the molecule is CCCCCCCCCCCCNC(=O)c1ccc(F)c(F)c1F. The molecule has 1 aromatic carbocycles. The van der Waals surface area contributed by atoms with E-state index in [0.717, 1.165) is 31.4 Å². The van der Waals surface area contributed by atoms with Crippen molar-refractivity contribution in [2.24, 2.45) is 0 Å². The Morgan fingerprint density at radius 2 is 1.38 bits per heavy atom. The van der Waals surface area contributed by atoms with Crippen LogP contribution in [0.15, 0.2) is 12.1 Å². The first-order valence-corrected chi connectivity index (χ1v) is 8.99. The Morgan fingerprint density at radius 1 is 0.833 bits per heavy atom. The van der Waals surface area contributed by atoms with Gasteiger partial charge >= 0.3 is 0 Å². The number of hydrogen-bond acceptors (Lipinski definition) is 1. The lowest BCUT2D eigenvalue weighted by Crippen LogP contribution is -2.25. The van der Waals surface area contributed by atoms with E-state index in [1.54, 1.807) is 0 Å². The fourth-order valence-electron chi connectivity index (χ4n) is 2.61. The highest BCUT2D eigenvalue weighted by atomic mass is 19.2. The highest BCUT2D eigenvalue weighted by Gasteiger charge is 2.18. The number of amides is 1. The maximum Gasteiger partial charge on any atom is 0.254 e. The molecule has 5 heteroatoms. The Kier molecular flexibility index (Phi) is 10.2. The Labute approximate surface area is 142 Å². The van der Waals surface area contributed by atoms with Crippen LogP contribution in [0.1, 0.15) is 81.5 Å². The molecule has 1 rings (SSSR count). The molecule has 0 spiro atoms. The van der Waals surface area contributed by atoms with Crippen LogP contribution in [-0.4, -0.2) is 12.5 Å². The molecule has 0 atom stereocenters. The molecule has 0 radical (unpaired) electrons. The second-order valence-electron chi connectivity index (χ2n) is 6.16. The van der Waals surface area contributed by atoms with E-state index in [-0.39, 0.29) is 0 Å². The van der Waals surface area contributed by atoms with Gasteiger partial charge in [0.15, 0.2) is 17.5 Å². The molecule has 0 aromatic heterocycles. The van der Waals surface area contributed by atoms with Crippen LogP contribution in [0.5, 0.6) is 0 Å². The first-order chi connectivity index (χ1) is 11.6. The van der Waals surface area contributed by atoms with E-state index in [0.29, 0.717) is 6.54 Å². The van der Waals surface area contributed by atoms with E-state index < -0.39 is 28.9 Å². The molecule has 1 N–H and O–H groups in total. The molecular weight excluding hydrogens is 315 g/mol. The fraction of sp³-hybridized carbons (Fsp3) is 0.632. The third kappa shape index (κ3) is 7.37. The third-order valence-electron chi connectivity index (χ3n) is 4.10. The molecule has 1 amide bonds. The first-order valence-electron chi connectivity index (χ1n) is 8.99. The van der Waals surface area contributed by atoms with Crippen LogP contribution >= 0.6 is 0 Å². The molecule has 136 valence electrons. The normalized spacial score (nSPS) is 10.8. The number of halogens is 3. The molecular formula is C19H28F3NO. The van der Waals surface area contributed by atoms with Crippen LogP contribution in [0.4, 0.5) is 13.2 Å². The van der Waals surface area contributed by atoms with Crippen LogP contribution in [0.3, 0.4) is 0 Å². The van der Waals surface area contributed by atoms with Gasteiger partial charge in [0.25, 0.3) is 5.91 Å². The van der Waals surface area contributed by atoms with Crippen molar-refractivity contribution in [3.05, 3.63) is 35.1 Å². The maximum atomic E-state index is 13.5. The molecule has 0 aliphatic heterocycles. The standard InChI is InChI=1S/C19H28F3NO/c1-2-3-4-5-6-7-8-9-10-11-14-23-19(24)15-12-13-16(20)18(22)17(15)21/h12-13H,2-11,14H2,1H3,(H,23,24). The van der Waals surface area contributed by atoms with Crippen molar-refractivity contribution in [3.63, 3.8) is 0 Å². The largest absolute Gasteiger partial charge is 0.352 e. The summed E-state index contributed by atoms with van der Waals surface area (Å²) in [4.78, 5) is 11.7. The summed E-state index contributed by atoms with van der Waals surface area (Å²) in [5.41, 5.74) is -0.457. The first kappa shape index (κ1) is 20.5. The molecule has 0 aliphatic rings. The summed E-state index contributed by atoms with van der Waals surface area (Å²) in [7, 11) is 0. The predicted molar refractivity (Wildman–Crippen MR) is 90.5 cm³/mol. The summed E-state index contributed by atoms with van der Waals surface area (Å²) >= 11 is 0. The molecule has 0 aliphatic carbocycles. The average Bonchev–Trinajstić information content (AvgIpc) is 2.57. The molecule has 0 saturated carbocycles. The van der Waals surface area contributed by atoms with Crippen LogP contribution < -0.4 is 5.32 Å². The molecule has 0 saturated heterocycles. The zero-order valence-electron chi connectivity index (χ0n) is 14.5. The van der Waals surface area contributed by atoms with Crippen molar-refractivity contribution in [1.82, 2.24) is 5.32 Å². The Hall–Kier alpha value is -1.52. The van der Waals surface area contributed by atoms with Crippen molar-refractivity contribution in [1.29, 1.82) is 0 Å². The van der Waals surface area contributed by atoms with E-state index in [2.05, 4.69) is 12.2 Å². The molecule has 0 bridgehead atoms. The highest BCUT2D eigenvalue weighted by molar-refractivity contribution is 5.94. The van der Waals surface area contributed by atoms with Gasteiger partial charge in [-0.1, -0.05) is 64.7 Å². The van der Waals surface area contributed by atoms with E-state index in [1.165, 1.54) is 44.9 Å². The molecule has 24 heavy (non-hydrogen) atoms. The van der Waals surface area contributed by atoms with Crippen molar-refractivity contribution in [2.75, 3.05) is 6.54 Å². The summed E-state index contributed by atoms with van der Waals surface area (Å²) < 4.78 is 39.4. The van der Waals surface area contributed by atoms with Gasteiger partial charge in [-0.3, -0.25) is 4.79 Å². The van der Waals surface area contributed by atoms with Crippen molar-refractivity contribution >= 4 is 5.91 Å². The van der Waals surface area contributed by atoms with Gasteiger partial charge in [0.1, 0.15) is 0 Å². The van der Waals surface area contributed by atoms with Crippen LogP contribution in [0.2, 0.25) is 0 Å². The van der Waals surface area contributed by atoms with Crippen molar-refractivity contribution in [3.8, 4) is 0 Å². The summed E-state index contributed by atoms with van der Waals surface area (Å²) in [5.74, 6) is -5.04. The molecule has 2 nitrogen and oxygen atoms in total. The smallest absolute Gasteiger partial charge is 0.254 e. The molecule has 0 unspecified atom stereocenters. The number of rotatable bonds is 12. The fourth-order valence-corrected chi connectivity index (χ4v) is 2.61. The quantitative estimate of drug-likeness (QED) is 0.380. The second-order valence-corrected chi connectivity index (χ2v) is 6.16. The van der Waals surface area contributed by atoms with E-state index in [4.69, 9.17) is 0 Å². The highest BCUT2D eigenvalue weighted by Crippen LogP contribution is 2.15. The van der Waals surface area contributed by atoms with Gasteiger partial charge in [-0.15, -0.1) is 0 Å². The van der Waals surface area contributed by atoms with Crippen molar-refractivity contribution in [2.45, 2.75) is 71.1 Å². The zero-order chi connectivity index (χ0) is 17.8. The summed E-state index contributed by atoms with van der Waals surface area (Å²) in [6, 6.07) is 1.72. The number of benzene rings is 1. The number of nitrogens with one attached hydrogen (secondary N) is 1. The summed E-state index contributed by atoms with van der Waals surface area (Å²) in [6.07, 6.45) is 11.8. The Morgan fingerprint density at radius 3 is 1.96 bits per heavy atom. The average molecular weight is 343 g/mol. The van der Waals surface area contributed by atoms with E-state index in [9.17, 15) is 18.0 Å². The van der Waals surface area contributed by atoms with Gasteiger partial charge in [-0.2, -0.15) is 0 Å². The van der Waals surface area contributed by atoms with E-state index >= 15 is 0 Å². The topological polar surface area (TPSA) is 29.1 Å². The lowest BCUT2D eigenvalue weighted by atomic mass is 10.1. The van der Waals surface area contributed by atoms with Gasteiger partial charge in [-0.25, -0.2) is 13.2 Å². The van der Waals surface area contributed by atoms with E-state index in [1.807, 2.05) is 0 Å². The van der Waals surface area contributed by atoms with Crippen molar-refractivity contribution < 1.29 is 18.0 Å². The number of carbonyl (C=O) groups excluding carboxylic acids is 1. The maximum absolute atomic E-state index is 13.5. The van der Waals surface area contributed by atoms with Gasteiger partial charge in [-0.05, 0) is 18.6 Å². The van der Waals surface area contributed by atoms with Crippen LogP contribution in [-0.2, 0) is 0 Å². The summed E-state index contributed by atoms with van der Waals surface area (Å²) in [6.45, 7) is 2.62. The molecule has 1 aromatic rings. The summed E-state index contributed by atoms with van der Waals surface area (Å²) in [5, 5.41) is 2.54. The lowest BCUT2D eigenvalue weighted by Gasteiger charge is -2.07. The number of carbonyl (C=O) groups is 1. The zero-order valence-corrected chi connectivity index (χ0v) is 14.5.